The first-order valence-corrected chi connectivity index (χ1v) is 9.19. The first kappa shape index (κ1) is 17.5. The van der Waals surface area contributed by atoms with Gasteiger partial charge in [-0.25, -0.2) is 9.67 Å². The summed E-state index contributed by atoms with van der Waals surface area (Å²) in [5.41, 5.74) is 4.26. The average molecular weight is 360 g/mol. The first-order valence-electron chi connectivity index (χ1n) is 9.19. The van der Waals surface area contributed by atoms with E-state index in [9.17, 15) is 5.11 Å². The SMILES string of the molecule is CC(C)(C)c1ccc(-c2nc(C3=CCNC3)nn2-c2cccc(O)c2)cc1. The molecule has 0 bridgehead atoms. The highest BCUT2D eigenvalue weighted by atomic mass is 16.3. The molecule has 3 aromatic rings. The van der Waals surface area contributed by atoms with E-state index in [-0.39, 0.29) is 11.2 Å². The molecule has 0 saturated carbocycles. The zero-order valence-electron chi connectivity index (χ0n) is 15.9. The summed E-state index contributed by atoms with van der Waals surface area (Å²) in [5.74, 6) is 1.70. The topological polar surface area (TPSA) is 63.0 Å². The molecule has 2 aromatic carbocycles. The van der Waals surface area contributed by atoms with Crippen molar-refractivity contribution in [1.29, 1.82) is 0 Å². The highest BCUT2D eigenvalue weighted by Gasteiger charge is 2.19. The Balaban J connectivity index is 1.83. The van der Waals surface area contributed by atoms with Crippen LogP contribution in [0.15, 0.2) is 54.6 Å². The van der Waals surface area contributed by atoms with Crippen molar-refractivity contribution >= 4 is 5.57 Å². The van der Waals surface area contributed by atoms with Crippen LogP contribution in [0, 0.1) is 0 Å². The van der Waals surface area contributed by atoms with Gasteiger partial charge in [0, 0.05) is 30.3 Å². The van der Waals surface area contributed by atoms with Crippen LogP contribution in [-0.4, -0.2) is 33.0 Å². The summed E-state index contributed by atoms with van der Waals surface area (Å²) in [6, 6.07) is 15.6. The van der Waals surface area contributed by atoms with Crippen LogP contribution >= 0.6 is 0 Å². The summed E-state index contributed by atoms with van der Waals surface area (Å²) in [4.78, 5) is 4.82. The number of phenols is 1. The van der Waals surface area contributed by atoms with Crippen molar-refractivity contribution in [2.24, 2.45) is 0 Å². The largest absolute Gasteiger partial charge is 0.508 e. The second-order valence-corrected chi connectivity index (χ2v) is 7.88. The molecule has 2 N–H and O–H groups in total. The average Bonchev–Trinajstić information content (AvgIpc) is 3.31. The van der Waals surface area contributed by atoms with Crippen LogP contribution in [0.2, 0.25) is 0 Å². The van der Waals surface area contributed by atoms with Crippen LogP contribution in [0.3, 0.4) is 0 Å². The minimum Gasteiger partial charge on any atom is -0.508 e. The maximum atomic E-state index is 9.90. The van der Waals surface area contributed by atoms with E-state index < -0.39 is 0 Å². The van der Waals surface area contributed by atoms with Crippen LogP contribution < -0.4 is 5.32 Å². The van der Waals surface area contributed by atoms with Crippen LogP contribution in [0.4, 0.5) is 0 Å². The molecule has 0 unspecified atom stereocenters. The summed E-state index contributed by atoms with van der Waals surface area (Å²) in [7, 11) is 0. The number of hydrogen-bond donors (Lipinski definition) is 2. The monoisotopic (exact) mass is 360 g/mol. The minimum atomic E-state index is 0.100. The first-order chi connectivity index (χ1) is 12.9. The number of benzene rings is 2. The van der Waals surface area contributed by atoms with Gasteiger partial charge in [0.1, 0.15) is 5.75 Å². The molecule has 0 saturated heterocycles. The fraction of sp³-hybridized carbons (Fsp3) is 0.273. The van der Waals surface area contributed by atoms with Gasteiger partial charge in [-0.1, -0.05) is 57.2 Å². The van der Waals surface area contributed by atoms with Gasteiger partial charge in [0.2, 0.25) is 0 Å². The number of phenolic OH excluding ortho intramolecular Hbond substituents is 1. The van der Waals surface area contributed by atoms with Crippen molar-refractivity contribution in [2.75, 3.05) is 13.1 Å². The molecule has 1 aromatic heterocycles. The van der Waals surface area contributed by atoms with Crippen LogP contribution in [0.25, 0.3) is 22.6 Å². The maximum absolute atomic E-state index is 9.90. The predicted molar refractivity (Wildman–Crippen MR) is 108 cm³/mol. The van der Waals surface area contributed by atoms with Gasteiger partial charge in [0.25, 0.3) is 0 Å². The lowest BCUT2D eigenvalue weighted by Crippen LogP contribution is -2.10. The van der Waals surface area contributed by atoms with Gasteiger partial charge < -0.3 is 10.4 Å². The molecule has 1 aliphatic rings. The van der Waals surface area contributed by atoms with Gasteiger partial charge >= 0.3 is 0 Å². The predicted octanol–water partition coefficient (Wildman–Crippen LogP) is 3.92. The number of aromatic hydroxyl groups is 1. The normalized spacial score (nSPS) is 14.4. The number of hydrogen-bond acceptors (Lipinski definition) is 4. The molecular weight excluding hydrogens is 336 g/mol. The van der Waals surface area contributed by atoms with E-state index in [4.69, 9.17) is 10.1 Å². The van der Waals surface area contributed by atoms with E-state index in [1.807, 2.05) is 12.1 Å². The fourth-order valence-electron chi connectivity index (χ4n) is 3.20. The molecule has 5 nitrogen and oxygen atoms in total. The van der Waals surface area contributed by atoms with E-state index in [2.05, 4.69) is 56.4 Å². The Morgan fingerprint density at radius 2 is 1.85 bits per heavy atom. The molecule has 5 heteroatoms. The second kappa shape index (κ2) is 6.67. The number of aromatic nitrogens is 3. The fourth-order valence-corrected chi connectivity index (χ4v) is 3.20. The Hall–Kier alpha value is -2.92. The highest BCUT2D eigenvalue weighted by molar-refractivity contribution is 5.67. The van der Waals surface area contributed by atoms with E-state index in [0.717, 1.165) is 41.6 Å². The molecule has 4 rings (SSSR count). The molecule has 1 aliphatic heterocycles. The van der Waals surface area contributed by atoms with Gasteiger partial charge in [0.15, 0.2) is 11.6 Å². The molecule has 138 valence electrons. The third kappa shape index (κ3) is 3.51. The van der Waals surface area contributed by atoms with Crippen molar-refractivity contribution in [3.05, 3.63) is 66.0 Å². The third-order valence-electron chi connectivity index (χ3n) is 4.79. The van der Waals surface area contributed by atoms with Crippen LogP contribution in [-0.2, 0) is 5.41 Å². The Labute approximate surface area is 159 Å². The van der Waals surface area contributed by atoms with Crippen molar-refractivity contribution in [3.8, 4) is 22.8 Å². The maximum Gasteiger partial charge on any atom is 0.179 e. The molecule has 0 aliphatic carbocycles. The number of nitrogens with one attached hydrogen (secondary N) is 1. The Bertz CT molecular complexity index is 994. The van der Waals surface area contributed by atoms with E-state index in [1.165, 1.54) is 5.56 Å². The molecular formula is C22H24N4O. The number of rotatable bonds is 3. The molecule has 0 radical (unpaired) electrons. The van der Waals surface area contributed by atoms with E-state index >= 15 is 0 Å². The highest BCUT2D eigenvalue weighted by Crippen LogP contribution is 2.28. The molecule has 0 atom stereocenters. The van der Waals surface area contributed by atoms with Crippen molar-refractivity contribution < 1.29 is 5.11 Å². The summed E-state index contributed by atoms with van der Waals surface area (Å²) in [5, 5.41) is 17.9. The lowest BCUT2D eigenvalue weighted by atomic mass is 9.87. The Kier molecular flexibility index (Phi) is 4.32. The number of nitrogens with zero attached hydrogens (tertiary/aromatic N) is 3. The van der Waals surface area contributed by atoms with Gasteiger partial charge in [-0.2, -0.15) is 0 Å². The molecule has 27 heavy (non-hydrogen) atoms. The zero-order chi connectivity index (χ0) is 19.0. The van der Waals surface area contributed by atoms with Gasteiger partial charge in [-0.3, -0.25) is 0 Å². The summed E-state index contributed by atoms with van der Waals surface area (Å²) >= 11 is 0. The molecule has 0 spiro atoms. The van der Waals surface area contributed by atoms with E-state index in [0.29, 0.717) is 0 Å². The second-order valence-electron chi connectivity index (χ2n) is 7.88. The Morgan fingerprint density at radius 3 is 2.48 bits per heavy atom. The minimum absolute atomic E-state index is 0.100. The van der Waals surface area contributed by atoms with Crippen LogP contribution in [0.1, 0.15) is 32.2 Å². The smallest absolute Gasteiger partial charge is 0.179 e. The quantitative estimate of drug-likeness (QED) is 0.743. The van der Waals surface area contributed by atoms with Gasteiger partial charge in [-0.15, -0.1) is 5.10 Å². The zero-order valence-corrected chi connectivity index (χ0v) is 15.9. The molecule has 0 fully saturated rings. The lowest BCUT2D eigenvalue weighted by Gasteiger charge is -2.19. The summed E-state index contributed by atoms with van der Waals surface area (Å²) in [6.45, 7) is 8.22. The van der Waals surface area contributed by atoms with Crippen molar-refractivity contribution in [2.45, 2.75) is 26.2 Å². The lowest BCUT2D eigenvalue weighted by molar-refractivity contribution is 0.475. The van der Waals surface area contributed by atoms with E-state index in [1.54, 1.807) is 16.8 Å². The van der Waals surface area contributed by atoms with Gasteiger partial charge in [-0.05, 0) is 23.1 Å². The molecule has 0 amide bonds. The molecule has 2 heterocycles. The summed E-state index contributed by atoms with van der Waals surface area (Å²) < 4.78 is 1.81. The third-order valence-corrected chi connectivity index (χ3v) is 4.79. The standard InChI is InChI=1S/C22H24N4O/c1-22(2,3)17-9-7-15(8-10-17)21-24-20(16-11-12-23-14-16)25-26(21)18-5-4-6-19(27)13-18/h4-11,13,23,27H,12,14H2,1-3H3. The van der Waals surface area contributed by atoms with Gasteiger partial charge in [0.05, 0.1) is 5.69 Å². The van der Waals surface area contributed by atoms with Crippen molar-refractivity contribution in [1.82, 2.24) is 20.1 Å². The van der Waals surface area contributed by atoms with Crippen LogP contribution in [0.5, 0.6) is 5.75 Å². The summed E-state index contributed by atoms with van der Waals surface area (Å²) in [6.07, 6.45) is 2.12. The Morgan fingerprint density at radius 1 is 1.07 bits per heavy atom. The van der Waals surface area contributed by atoms with Crippen molar-refractivity contribution in [3.63, 3.8) is 0 Å².